The fourth-order valence-corrected chi connectivity index (χ4v) is 4.40. The molecule has 0 bridgehead atoms. The van der Waals surface area contributed by atoms with Gasteiger partial charge in [0.15, 0.2) is 11.5 Å². The molecule has 0 atom stereocenters. The van der Waals surface area contributed by atoms with E-state index in [1.54, 1.807) is 13.0 Å². The first-order valence-corrected chi connectivity index (χ1v) is 10.4. The Morgan fingerprint density at radius 3 is 2.37 bits per heavy atom. The molecule has 3 rings (SSSR count). The number of hydrogen-bond donors (Lipinski definition) is 0. The number of benzene rings is 2. The van der Waals surface area contributed by atoms with Crippen LogP contribution < -0.4 is 13.8 Å². The minimum absolute atomic E-state index is 0.0986. The predicted molar refractivity (Wildman–Crippen MR) is 106 cm³/mol. The molecule has 2 aromatic carbocycles. The van der Waals surface area contributed by atoms with E-state index in [-0.39, 0.29) is 16.1 Å². The van der Waals surface area contributed by atoms with Crippen LogP contribution in [0.4, 0.5) is 5.69 Å². The Morgan fingerprint density at radius 2 is 1.70 bits per heavy atom. The van der Waals surface area contributed by atoms with Gasteiger partial charge in [0, 0.05) is 6.07 Å². The summed E-state index contributed by atoms with van der Waals surface area (Å²) >= 11 is 0. The van der Waals surface area contributed by atoms with Crippen LogP contribution in [-0.2, 0) is 24.3 Å². The standard InChI is InChI=1S/C20H21NO8S/c1-13-4-5-14(20(23)27-3)10-16(13)21(12-19(22)26-2)30(24,25)15-6-7-17-18(11-15)29-9-8-28-17/h4-7,10-11H,8-9,12H2,1-3H3. The number of methoxy groups -OCH3 is 2. The van der Waals surface area contributed by atoms with Crippen LogP contribution in [0.2, 0.25) is 0 Å². The third-order valence-corrected chi connectivity index (χ3v) is 6.26. The van der Waals surface area contributed by atoms with Crippen molar-refractivity contribution in [2.75, 3.05) is 38.3 Å². The number of rotatable bonds is 6. The van der Waals surface area contributed by atoms with Crippen LogP contribution in [-0.4, -0.2) is 54.3 Å². The molecular formula is C20H21NO8S. The first-order chi connectivity index (χ1) is 14.3. The summed E-state index contributed by atoms with van der Waals surface area (Å²) in [5, 5.41) is 0. The summed E-state index contributed by atoms with van der Waals surface area (Å²) in [5.41, 5.74) is 0.830. The van der Waals surface area contributed by atoms with Gasteiger partial charge in [-0.2, -0.15) is 0 Å². The van der Waals surface area contributed by atoms with Gasteiger partial charge in [-0.3, -0.25) is 9.10 Å². The maximum absolute atomic E-state index is 13.5. The number of carbonyl (C=O) groups is 2. The average Bonchev–Trinajstić information content (AvgIpc) is 2.76. The van der Waals surface area contributed by atoms with Gasteiger partial charge in [-0.25, -0.2) is 13.2 Å². The molecule has 0 amide bonds. The van der Waals surface area contributed by atoms with E-state index in [9.17, 15) is 18.0 Å². The lowest BCUT2D eigenvalue weighted by Gasteiger charge is -2.26. The van der Waals surface area contributed by atoms with E-state index < -0.39 is 28.5 Å². The summed E-state index contributed by atoms with van der Waals surface area (Å²) in [6, 6.07) is 8.65. The molecule has 0 saturated heterocycles. The molecule has 1 aliphatic heterocycles. The molecule has 0 N–H and O–H groups in total. The molecule has 1 heterocycles. The molecule has 10 heteroatoms. The normalized spacial score (nSPS) is 12.8. The summed E-state index contributed by atoms with van der Waals surface area (Å²) in [6.45, 7) is 1.74. The van der Waals surface area contributed by atoms with E-state index >= 15 is 0 Å². The fourth-order valence-electron chi connectivity index (χ4n) is 2.92. The van der Waals surface area contributed by atoms with Gasteiger partial charge in [-0.1, -0.05) is 6.07 Å². The zero-order valence-corrected chi connectivity index (χ0v) is 17.5. The summed E-state index contributed by atoms with van der Waals surface area (Å²) in [5.74, 6) is -0.672. The molecule has 0 spiro atoms. The van der Waals surface area contributed by atoms with E-state index in [1.807, 2.05) is 0 Å². The molecule has 0 fully saturated rings. The second kappa shape index (κ2) is 8.62. The van der Waals surface area contributed by atoms with Gasteiger partial charge in [0.25, 0.3) is 10.0 Å². The van der Waals surface area contributed by atoms with E-state index in [1.165, 1.54) is 37.4 Å². The average molecular weight is 435 g/mol. The molecule has 0 aliphatic carbocycles. The van der Waals surface area contributed by atoms with Crippen molar-refractivity contribution in [1.29, 1.82) is 0 Å². The lowest BCUT2D eigenvalue weighted by atomic mass is 10.1. The summed E-state index contributed by atoms with van der Waals surface area (Å²) in [6.07, 6.45) is 0. The maximum Gasteiger partial charge on any atom is 0.337 e. The van der Waals surface area contributed by atoms with Gasteiger partial charge < -0.3 is 18.9 Å². The molecule has 2 aromatic rings. The Hall–Kier alpha value is -3.27. The molecule has 0 saturated carbocycles. The van der Waals surface area contributed by atoms with Gasteiger partial charge in [0.1, 0.15) is 19.8 Å². The van der Waals surface area contributed by atoms with Gasteiger partial charge in [-0.15, -0.1) is 0 Å². The number of sulfonamides is 1. The van der Waals surface area contributed by atoms with Crippen molar-refractivity contribution in [3.63, 3.8) is 0 Å². The summed E-state index contributed by atoms with van der Waals surface area (Å²) in [7, 11) is -1.84. The molecule has 30 heavy (non-hydrogen) atoms. The van der Waals surface area contributed by atoms with Crippen molar-refractivity contribution in [3.8, 4) is 11.5 Å². The summed E-state index contributed by atoms with van der Waals surface area (Å²) in [4.78, 5) is 23.9. The number of ether oxygens (including phenoxy) is 4. The number of esters is 2. The molecule has 1 aliphatic rings. The van der Waals surface area contributed by atoms with Crippen LogP contribution in [0.15, 0.2) is 41.3 Å². The highest BCUT2D eigenvalue weighted by Crippen LogP contribution is 2.35. The lowest BCUT2D eigenvalue weighted by Crippen LogP contribution is -2.37. The van der Waals surface area contributed by atoms with Crippen molar-refractivity contribution in [1.82, 2.24) is 0 Å². The lowest BCUT2D eigenvalue weighted by molar-refractivity contribution is -0.138. The Bertz CT molecular complexity index is 1080. The van der Waals surface area contributed by atoms with Gasteiger partial charge in [0.2, 0.25) is 0 Å². The van der Waals surface area contributed by atoms with Crippen LogP contribution in [0.5, 0.6) is 11.5 Å². The molecule has 0 radical (unpaired) electrons. The topological polar surface area (TPSA) is 108 Å². The Kier molecular flexibility index (Phi) is 6.16. The van der Waals surface area contributed by atoms with Crippen molar-refractivity contribution in [2.45, 2.75) is 11.8 Å². The first kappa shape index (κ1) is 21.4. The molecule has 9 nitrogen and oxygen atoms in total. The van der Waals surface area contributed by atoms with Crippen molar-refractivity contribution in [2.24, 2.45) is 0 Å². The zero-order valence-electron chi connectivity index (χ0n) is 16.7. The maximum atomic E-state index is 13.5. The highest BCUT2D eigenvalue weighted by atomic mass is 32.2. The van der Waals surface area contributed by atoms with Gasteiger partial charge in [-0.05, 0) is 36.8 Å². The third-order valence-electron chi connectivity index (χ3n) is 4.50. The van der Waals surface area contributed by atoms with Crippen LogP contribution in [0, 0.1) is 6.92 Å². The monoisotopic (exact) mass is 435 g/mol. The van der Waals surface area contributed by atoms with E-state index in [0.29, 0.717) is 30.3 Å². The smallest absolute Gasteiger partial charge is 0.337 e. The van der Waals surface area contributed by atoms with Crippen LogP contribution in [0.25, 0.3) is 0 Å². The van der Waals surface area contributed by atoms with E-state index in [4.69, 9.17) is 14.2 Å². The van der Waals surface area contributed by atoms with Crippen LogP contribution in [0.3, 0.4) is 0 Å². The largest absolute Gasteiger partial charge is 0.486 e. The number of hydrogen-bond acceptors (Lipinski definition) is 8. The molecule has 0 aromatic heterocycles. The number of carbonyl (C=O) groups excluding carboxylic acids is 2. The predicted octanol–water partition coefficient (Wildman–Crippen LogP) is 1.92. The van der Waals surface area contributed by atoms with Crippen LogP contribution in [0.1, 0.15) is 15.9 Å². The Balaban J connectivity index is 2.12. The SMILES string of the molecule is COC(=O)CN(c1cc(C(=O)OC)ccc1C)S(=O)(=O)c1ccc2c(c1)OCCO2. The number of nitrogens with zero attached hydrogens (tertiary/aromatic N) is 1. The quantitative estimate of drug-likeness (QED) is 0.633. The van der Waals surface area contributed by atoms with Gasteiger partial charge >= 0.3 is 11.9 Å². The van der Waals surface area contributed by atoms with Crippen molar-refractivity contribution in [3.05, 3.63) is 47.5 Å². The number of fused-ring (bicyclic) bond motifs is 1. The van der Waals surface area contributed by atoms with Crippen molar-refractivity contribution < 1.29 is 37.0 Å². The Morgan fingerprint density at radius 1 is 1.00 bits per heavy atom. The minimum Gasteiger partial charge on any atom is -0.486 e. The molecule has 0 unspecified atom stereocenters. The third kappa shape index (κ3) is 4.18. The zero-order chi connectivity index (χ0) is 21.9. The first-order valence-electron chi connectivity index (χ1n) is 8.96. The second-order valence-corrected chi connectivity index (χ2v) is 8.25. The van der Waals surface area contributed by atoms with E-state index in [2.05, 4.69) is 4.74 Å². The Labute approximate surface area is 174 Å². The molecular weight excluding hydrogens is 414 g/mol. The van der Waals surface area contributed by atoms with E-state index in [0.717, 1.165) is 11.4 Å². The van der Waals surface area contributed by atoms with Crippen LogP contribution >= 0.6 is 0 Å². The van der Waals surface area contributed by atoms with Crippen molar-refractivity contribution >= 4 is 27.6 Å². The molecule has 160 valence electrons. The minimum atomic E-state index is -4.22. The number of anilines is 1. The summed E-state index contributed by atoms with van der Waals surface area (Å²) < 4.78 is 48.2. The van der Waals surface area contributed by atoms with Gasteiger partial charge in [0.05, 0.1) is 30.4 Å². The second-order valence-electron chi connectivity index (χ2n) is 6.39. The highest BCUT2D eigenvalue weighted by Gasteiger charge is 2.30. The highest BCUT2D eigenvalue weighted by molar-refractivity contribution is 7.92. The fraction of sp³-hybridized carbons (Fsp3) is 0.300. The number of aryl methyl sites for hydroxylation is 1.